The second-order valence-electron chi connectivity index (χ2n) is 7.41. The van der Waals surface area contributed by atoms with E-state index in [0.29, 0.717) is 0 Å². The Balaban J connectivity index is 1.70. The quantitative estimate of drug-likeness (QED) is 0.791. The summed E-state index contributed by atoms with van der Waals surface area (Å²) in [4.78, 5) is 12.6. The highest BCUT2D eigenvalue weighted by molar-refractivity contribution is 5.78. The summed E-state index contributed by atoms with van der Waals surface area (Å²) in [5, 5.41) is 3.16. The second kappa shape index (κ2) is 8.03. The van der Waals surface area contributed by atoms with E-state index in [2.05, 4.69) is 25.2 Å². The third kappa shape index (κ3) is 4.26. The first-order valence-corrected chi connectivity index (χ1v) is 9.73. The average molecular weight is 367 g/mol. The van der Waals surface area contributed by atoms with Crippen LogP contribution in [0, 0.1) is 13.8 Å². The van der Waals surface area contributed by atoms with E-state index in [9.17, 15) is 4.79 Å². The largest absolute Gasteiger partial charge is 0.487 e. The van der Waals surface area contributed by atoms with Crippen LogP contribution >= 0.6 is 0 Å². The summed E-state index contributed by atoms with van der Waals surface area (Å²) in [7, 11) is 0. The van der Waals surface area contributed by atoms with Crippen molar-refractivity contribution in [1.29, 1.82) is 0 Å². The molecule has 0 unspecified atom stereocenters. The molecule has 1 atom stereocenters. The van der Waals surface area contributed by atoms with Crippen molar-refractivity contribution >= 4 is 5.91 Å². The molecule has 3 rings (SSSR count). The van der Waals surface area contributed by atoms with E-state index in [4.69, 9.17) is 9.47 Å². The minimum atomic E-state index is -0.235. The molecule has 4 heteroatoms. The van der Waals surface area contributed by atoms with Crippen LogP contribution in [0.15, 0.2) is 42.5 Å². The first kappa shape index (κ1) is 19.3. The fourth-order valence-corrected chi connectivity index (χ4v) is 3.77. The Kier molecular flexibility index (Phi) is 5.73. The Morgan fingerprint density at radius 3 is 2.63 bits per heavy atom. The normalized spacial score (nSPS) is 17.6. The first-order chi connectivity index (χ1) is 13.0. The van der Waals surface area contributed by atoms with Gasteiger partial charge in [-0.25, -0.2) is 0 Å². The van der Waals surface area contributed by atoms with Crippen molar-refractivity contribution in [1.82, 2.24) is 5.32 Å². The zero-order valence-electron chi connectivity index (χ0n) is 16.7. The van der Waals surface area contributed by atoms with Crippen LogP contribution in [0.1, 0.15) is 55.8 Å². The van der Waals surface area contributed by atoms with E-state index in [1.165, 1.54) is 5.56 Å². The van der Waals surface area contributed by atoms with Gasteiger partial charge in [-0.15, -0.1) is 0 Å². The number of amides is 1. The lowest BCUT2D eigenvalue weighted by atomic mass is 9.83. The Morgan fingerprint density at radius 2 is 1.93 bits per heavy atom. The topological polar surface area (TPSA) is 47.6 Å². The molecule has 1 N–H and O–H groups in total. The van der Waals surface area contributed by atoms with Gasteiger partial charge in [-0.1, -0.05) is 49.7 Å². The van der Waals surface area contributed by atoms with E-state index < -0.39 is 0 Å². The molecule has 1 aliphatic rings. The van der Waals surface area contributed by atoms with Crippen LogP contribution in [0.4, 0.5) is 0 Å². The number of nitrogens with one attached hydrogen (secondary N) is 1. The van der Waals surface area contributed by atoms with Crippen LogP contribution in [-0.2, 0) is 4.79 Å². The molecule has 1 amide bonds. The van der Waals surface area contributed by atoms with Gasteiger partial charge in [0.25, 0.3) is 5.91 Å². The van der Waals surface area contributed by atoms with Crippen LogP contribution in [0.5, 0.6) is 11.5 Å². The highest BCUT2D eigenvalue weighted by Crippen LogP contribution is 2.42. The molecule has 4 nitrogen and oxygen atoms in total. The summed E-state index contributed by atoms with van der Waals surface area (Å²) in [5.41, 5.74) is 3.02. The van der Waals surface area contributed by atoms with Gasteiger partial charge in [0.2, 0.25) is 0 Å². The molecule has 0 saturated carbocycles. The fourth-order valence-electron chi connectivity index (χ4n) is 3.77. The van der Waals surface area contributed by atoms with Crippen molar-refractivity contribution in [3.8, 4) is 11.5 Å². The van der Waals surface area contributed by atoms with Gasteiger partial charge < -0.3 is 14.8 Å². The SMILES string of the molecule is CCC1(CC)C[C@H](NC(=O)COc2ccc(C)cc2C)c2ccccc2O1. The Hall–Kier alpha value is -2.49. The van der Waals surface area contributed by atoms with Gasteiger partial charge in [0, 0.05) is 12.0 Å². The van der Waals surface area contributed by atoms with Gasteiger partial charge in [0.05, 0.1) is 6.04 Å². The minimum Gasteiger partial charge on any atom is -0.487 e. The van der Waals surface area contributed by atoms with Gasteiger partial charge in [-0.3, -0.25) is 4.79 Å². The maximum atomic E-state index is 12.6. The van der Waals surface area contributed by atoms with E-state index in [0.717, 1.165) is 41.9 Å². The lowest BCUT2D eigenvalue weighted by molar-refractivity contribution is -0.124. The number of fused-ring (bicyclic) bond motifs is 1. The molecule has 0 saturated heterocycles. The molecule has 0 fully saturated rings. The molecule has 144 valence electrons. The Morgan fingerprint density at radius 1 is 1.19 bits per heavy atom. The predicted octanol–water partition coefficient (Wildman–Crippen LogP) is 4.88. The average Bonchev–Trinajstić information content (AvgIpc) is 2.67. The summed E-state index contributed by atoms with van der Waals surface area (Å²) in [5.74, 6) is 1.51. The van der Waals surface area contributed by atoms with Gasteiger partial charge in [0.1, 0.15) is 17.1 Å². The highest BCUT2D eigenvalue weighted by Gasteiger charge is 2.38. The highest BCUT2D eigenvalue weighted by atomic mass is 16.5. The molecule has 0 spiro atoms. The predicted molar refractivity (Wildman–Crippen MR) is 107 cm³/mol. The van der Waals surface area contributed by atoms with Gasteiger partial charge >= 0.3 is 0 Å². The second-order valence-corrected chi connectivity index (χ2v) is 7.41. The monoisotopic (exact) mass is 367 g/mol. The summed E-state index contributed by atoms with van der Waals surface area (Å²) in [6, 6.07) is 13.9. The number of hydrogen-bond acceptors (Lipinski definition) is 3. The van der Waals surface area contributed by atoms with E-state index in [1.807, 2.05) is 50.2 Å². The molecule has 0 radical (unpaired) electrons. The molecule has 0 aromatic heterocycles. The van der Waals surface area contributed by atoms with E-state index in [1.54, 1.807) is 0 Å². The van der Waals surface area contributed by atoms with Crippen LogP contribution in [-0.4, -0.2) is 18.1 Å². The van der Waals surface area contributed by atoms with Crippen LogP contribution in [0.2, 0.25) is 0 Å². The third-order valence-corrected chi connectivity index (χ3v) is 5.51. The maximum Gasteiger partial charge on any atom is 0.258 e. The molecular formula is C23H29NO3. The van der Waals surface area contributed by atoms with E-state index in [-0.39, 0.29) is 24.2 Å². The van der Waals surface area contributed by atoms with Crippen LogP contribution in [0.25, 0.3) is 0 Å². The first-order valence-electron chi connectivity index (χ1n) is 9.73. The maximum absolute atomic E-state index is 12.6. The van der Waals surface area contributed by atoms with Crippen LogP contribution < -0.4 is 14.8 Å². The number of aryl methyl sites for hydroxylation is 2. The lowest BCUT2D eigenvalue weighted by Crippen LogP contribution is -2.45. The summed E-state index contributed by atoms with van der Waals surface area (Å²) >= 11 is 0. The van der Waals surface area contributed by atoms with E-state index >= 15 is 0 Å². The zero-order chi connectivity index (χ0) is 19.4. The van der Waals surface area contributed by atoms with Gasteiger partial charge in [-0.2, -0.15) is 0 Å². The van der Waals surface area contributed by atoms with Gasteiger partial charge in [-0.05, 0) is 44.4 Å². The van der Waals surface area contributed by atoms with Crippen molar-refractivity contribution in [2.75, 3.05) is 6.61 Å². The third-order valence-electron chi connectivity index (χ3n) is 5.51. The number of carbonyl (C=O) groups is 1. The van der Waals surface area contributed by atoms with Crippen molar-refractivity contribution < 1.29 is 14.3 Å². The number of para-hydroxylation sites is 1. The molecular weight excluding hydrogens is 338 g/mol. The lowest BCUT2D eigenvalue weighted by Gasteiger charge is -2.41. The smallest absolute Gasteiger partial charge is 0.258 e. The Bertz CT molecular complexity index is 811. The number of hydrogen-bond donors (Lipinski definition) is 1. The summed E-state index contributed by atoms with van der Waals surface area (Å²) < 4.78 is 12.0. The number of carbonyl (C=O) groups excluding carboxylic acids is 1. The molecule has 0 aliphatic carbocycles. The molecule has 2 aromatic rings. The van der Waals surface area contributed by atoms with Crippen molar-refractivity contribution in [3.63, 3.8) is 0 Å². The molecule has 0 bridgehead atoms. The molecule has 1 heterocycles. The molecule has 2 aromatic carbocycles. The zero-order valence-corrected chi connectivity index (χ0v) is 16.7. The van der Waals surface area contributed by atoms with Crippen LogP contribution in [0.3, 0.4) is 0 Å². The van der Waals surface area contributed by atoms with Crippen molar-refractivity contribution in [2.45, 2.75) is 58.6 Å². The van der Waals surface area contributed by atoms with Gasteiger partial charge in [0.15, 0.2) is 6.61 Å². The summed E-state index contributed by atoms with van der Waals surface area (Å²) in [6.45, 7) is 8.32. The van der Waals surface area contributed by atoms with Crippen molar-refractivity contribution in [2.24, 2.45) is 0 Å². The summed E-state index contributed by atoms with van der Waals surface area (Å²) in [6.07, 6.45) is 2.58. The number of benzene rings is 2. The fraction of sp³-hybridized carbons (Fsp3) is 0.435. The number of ether oxygens (including phenoxy) is 2. The molecule has 1 aliphatic heterocycles. The minimum absolute atomic E-state index is 0.00861. The Labute approximate surface area is 161 Å². The van der Waals surface area contributed by atoms with Crippen molar-refractivity contribution in [3.05, 3.63) is 59.2 Å². The molecule has 27 heavy (non-hydrogen) atoms. The standard InChI is InChI=1S/C23H29NO3/c1-5-23(6-2)14-19(18-9-7-8-10-21(18)27-23)24-22(25)15-26-20-12-11-16(3)13-17(20)4/h7-13,19H,5-6,14-15H2,1-4H3,(H,24,25)/t19-/m0/s1. The number of rotatable bonds is 6.